The highest BCUT2D eigenvalue weighted by molar-refractivity contribution is 6.34. The van der Waals surface area contributed by atoms with Gasteiger partial charge in [0.25, 0.3) is 0 Å². The summed E-state index contributed by atoms with van der Waals surface area (Å²) in [6.45, 7) is 16.8. The molecule has 1 saturated carbocycles. The van der Waals surface area contributed by atoms with Crippen LogP contribution in [0.4, 0.5) is 22.7 Å². The van der Waals surface area contributed by atoms with Gasteiger partial charge in [0.15, 0.2) is 0 Å². The summed E-state index contributed by atoms with van der Waals surface area (Å²) in [5, 5.41) is 3.49. The molecule has 0 heterocycles. The minimum atomic E-state index is -0.180. The van der Waals surface area contributed by atoms with Crippen molar-refractivity contribution in [3.05, 3.63) is 72.5 Å². The number of allylic oxidation sites excluding steroid dienone is 4. The molecule has 0 spiro atoms. The van der Waals surface area contributed by atoms with E-state index in [1.54, 1.807) is 0 Å². The fraction of sp³-hybridized carbons (Fsp3) is 0.400. The molecular weight excluding hydrogens is 416 g/mol. The van der Waals surface area contributed by atoms with E-state index in [4.69, 9.17) is 15.7 Å². The maximum atomic E-state index is 5.80. The Morgan fingerprint density at radius 3 is 1.65 bits per heavy atom. The number of nitrogens with one attached hydrogen (secondary N) is 1. The molecule has 0 aliphatic heterocycles. The van der Waals surface area contributed by atoms with E-state index in [1.807, 2.05) is 52.0 Å². The average Bonchev–Trinajstić information content (AvgIpc) is 2.86. The van der Waals surface area contributed by atoms with E-state index >= 15 is 0 Å². The number of nitrogens with two attached hydrogens (primary N) is 1. The molecule has 2 aromatic rings. The number of benzene rings is 2. The van der Waals surface area contributed by atoms with Gasteiger partial charge in [0.2, 0.25) is 0 Å². The number of nitrogens with zero attached hydrogens (tertiary/aromatic N) is 2. The van der Waals surface area contributed by atoms with Crippen LogP contribution in [0.25, 0.3) is 0 Å². The van der Waals surface area contributed by atoms with Crippen molar-refractivity contribution in [2.75, 3.05) is 11.1 Å². The van der Waals surface area contributed by atoms with Crippen LogP contribution < -0.4 is 11.1 Å². The van der Waals surface area contributed by atoms with Gasteiger partial charge in [-0.3, -0.25) is 9.98 Å². The van der Waals surface area contributed by atoms with Crippen molar-refractivity contribution in [1.29, 1.82) is 0 Å². The first-order valence-corrected chi connectivity index (χ1v) is 12.5. The molecule has 4 rings (SSSR count). The van der Waals surface area contributed by atoms with E-state index in [-0.39, 0.29) is 10.8 Å². The van der Waals surface area contributed by atoms with Crippen LogP contribution >= 0.6 is 0 Å². The van der Waals surface area contributed by atoms with Gasteiger partial charge < -0.3 is 11.1 Å². The number of nitrogen functional groups attached to an aromatic ring is 1. The fourth-order valence-corrected chi connectivity index (χ4v) is 4.60. The molecule has 0 unspecified atom stereocenters. The average molecular weight is 459 g/mol. The molecule has 4 heteroatoms. The third-order valence-electron chi connectivity index (χ3n) is 5.93. The molecule has 0 aromatic heterocycles. The van der Waals surface area contributed by atoms with Crippen LogP contribution in [0.3, 0.4) is 0 Å². The van der Waals surface area contributed by atoms with Gasteiger partial charge in [-0.15, -0.1) is 0 Å². The molecule has 0 bridgehead atoms. The normalized spacial score (nSPS) is 17.1. The summed E-state index contributed by atoms with van der Waals surface area (Å²) in [7, 11) is 0. The van der Waals surface area contributed by atoms with E-state index < -0.39 is 0 Å². The van der Waals surface area contributed by atoms with Crippen LogP contribution in [0.5, 0.6) is 0 Å². The number of rotatable bonds is 4. The van der Waals surface area contributed by atoms with E-state index in [0.29, 0.717) is 0 Å². The summed E-state index contributed by atoms with van der Waals surface area (Å²) >= 11 is 0. The third-order valence-corrected chi connectivity index (χ3v) is 5.93. The van der Waals surface area contributed by atoms with Crippen molar-refractivity contribution in [3.63, 3.8) is 0 Å². The summed E-state index contributed by atoms with van der Waals surface area (Å²) in [5.41, 5.74) is 12.8. The lowest BCUT2D eigenvalue weighted by Crippen LogP contribution is -2.61. The summed E-state index contributed by atoms with van der Waals surface area (Å²) in [6, 6.07) is 16.1. The summed E-state index contributed by atoms with van der Waals surface area (Å²) in [6.07, 6.45) is 8.58. The lowest BCUT2D eigenvalue weighted by atomic mass is 9.52. The largest absolute Gasteiger partial charge is 0.399 e. The van der Waals surface area contributed by atoms with Crippen molar-refractivity contribution >= 4 is 34.2 Å². The Balaban J connectivity index is 0.000000970. The highest BCUT2D eigenvalue weighted by Gasteiger charge is 2.56. The highest BCUT2D eigenvalue weighted by atomic mass is 14.9. The van der Waals surface area contributed by atoms with E-state index in [9.17, 15) is 0 Å². The van der Waals surface area contributed by atoms with Crippen LogP contribution in [-0.2, 0) is 0 Å². The summed E-state index contributed by atoms with van der Waals surface area (Å²) in [5.74, 6) is 0. The lowest BCUT2D eigenvalue weighted by Gasteiger charge is -2.52. The Morgan fingerprint density at radius 1 is 0.735 bits per heavy atom. The molecule has 0 atom stereocenters. The first-order valence-electron chi connectivity index (χ1n) is 12.5. The van der Waals surface area contributed by atoms with E-state index in [0.717, 1.165) is 47.0 Å². The second kappa shape index (κ2) is 11.8. The zero-order chi connectivity index (χ0) is 25.4. The van der Waals surface area contributed by atoms with Gasteiger partial charge in [-0.05, 0) is 95.1 Å². The highest BCUT2D eigenvalue weighted by Crippen LogP contribution is 2.50. The molecule has 1 fully saturated rings. The predicted molar refractivity (Wildman–Crippen MR) is 152 cm³/mol. The van der Waals surface area contributed by atoms with Crippen LogP contribution in [0, 0.1) is 10.8 Å². The molecule has 4 nitrogen and oxygen atoms in total. The maximum Gasteiger partial charge on any atom is 0.0631 e. The van der Waals surface area contributed by atoms with Crippen LogP contribution in [0.2, 0.25) is 0 Å². The number of aliphatic imine (C=N–C) groups is 2. The Kier molecular flexibility index (Phi) is 9.43. The number of hydrogen-bond donors (Lipinski definition) is 2. The van der Waals surface area contributed by atoms with E-state index in [1.165, 1.54) is 5.70 Å². The minimum Gasteiger partial charge on any atom is -0.399 e. The lowest BCUT2D eigenvalue weighted by molar-refractivity contribution is 0.491. The molecule has 3 N–H and O–H groups in total. The van der Waals surface area contributed by atoms with Gasteiger partial charge >= 0.3 is 0 Å². The zero-order valence-electron chi connectivity index (χ0n) is 22.2. The molecule has 0 saturated heterocycles. The molecule has 2 aromatic carbocycles. The van der Waals surface area contributed by atoms with Crippen molar-refractivity contribution in [3.8, 4) is 0 Å². The first kappa shape index (κ1) is 27.1. The molecule has 2 aliphatic carbocycles. The SMILES string of the molecule is CC.CC.CC1(C)C(=Nc2ccc(N)cc2)C(C)(C)C1=Nc1ccc(NC2=CC=CCC2)cc1. The van der Waals surface area contributed by atoms with Crippen LogP contribution in [0.1, 0.15) is 68.2 Å². The molecule has 0 radical (unpaired) electrons. The van der Waals surface area contributed by atoms with Gasteiger partial charge in [0.05, 0.1) is 11.4 Å². The second-order valence-corrected chi connectivity index (χ2v) is 9.09. The fourth-order valence-electron chi connectivity index (χ4n) is 4.60. The van der Waals surface area contributed by atoms with Crippen LogP contribution in [-0.4, -0.2) is 11.4 Å². The Labute approximate surface area is 206 Å². The molecular formula is C30H42N4. The predicted octanol–water partition coefficient (Wildman–Crippen LogP) is 8.88. The van der Waals surface area contributed by atoms with Crippen molar-refractivity contribution in [2.24, 2.45) is 20.8 Å². The van der Waals surface area contributed by atoms with Gasteiger partial charge in [0, 0.05) is 39.3 Å². The molecule has 2 aliphatic rings. The topological polar surface area (TPSA) is 62.8 Å². The van der Waals surface area contributed by atoms with Gasteiger partial charge in [-0.2, -0.15) is 0 Å². The third kappa shape index (κ3) is 6.05. The van der Waals surface area contributed by atoms with Gasteiger partial charge in [-0.1, -0.05) is 39.8 Å². The number of hydrogen-bond acceptors (Lipinski definition) is 4. The van der Waals surface area contributed by atoms with E-state index in [2.05, 4.69) is 75.5 Å². The Morgan fingerprint density at radius 2 is 1.21 bits per heavy atom. The standard InChI is InChI=1S/C26H30N4.2C2H6/c1-25(2)23(29-21-12-10-18(27)11-13-21)26(3,4)24(25)30-22-16-14-20(15-17-22)28-19-8-6-5-7-9-19;2*1-2/h5-6,8,10-17,28H,7,9,27H2,1-4H3;2*1-2H3. The Bertz CT molecular complexity index is 1030. The Hall–Kier alpha value is -3.14. The molecule has 182 valence electrons. The smallest absolute Gasteiger partial charge is 0.0631 e. The maximum absolute atomic E-state index is 5.80. The zero-order valence-corrected chi connectivity index (χ0v) is 22.2. The molecule has 0 amide bonds. The van der Waals surface area contributed by atoms with Crippen LogP contribution in [0.15, 0.2) is 82.4 Å². The monoisotopic (exact) mass is 458 g/mol. The minimum absolute atomic E-state index is 0.180. The quantitative estimate of drug-likeness (QED) is 0.449. The van der Waals surface area contributed by atoms with Gasteiger partial charge in [0.1, 0.15) is 0 Å². The second-order valence-electron chi connectivity index (χ2n) is 9.09. The van der Waals surface area contributed by atoms with Crippen molar-refractivity contribution in [1.82, 2.24) is 0 Å². The first-order chi connectivity index (χ1) is 16.3. The van der Waals surface area contributed by atoms with Crippen molar-refractivity contribution in [2.45, 2.75) is 68.2 Å². The van der Waals surface area contributed by atoms with Gasteiger partial charge in [-0.25, -0.2) is 0 Å². The summed E-state index contributed by atoms with van der Waals surface area (Å²) in [4.78, 5) is 9.97. The van der Waals surface area contributed by atoms with Crippen molar-refractivity contribution < 1.29 is 0 Å². The summed E-state index contributed by atoms with van der Waals surface area (Å²) < 4.78 is 0. The number of anilines is 2. The molecule has 34 heavy (non-hydrogen) atoms.